The second-order valence-corrected chi connectivity index (χ2v) is 4.18. The molecule has 1 amide bonds. The summed E-state index contributed by atoms with van der Waals surface area (Å²) < 4.78 is 4.86. The van der Waals surface area contributed by atoms with Crippen molar-refractivity contribution in [3.8, 4) is 0 Å². The maximum Gasteiger partial charge on any atom is 0.350 e. The summed E-state index contributed by atoms with van der Waals surface area (Å²) in [5, 5.41) is 2.92. The summed E-state index contributed by atoms with van der Waals surface area (Å²) in [5.74, 6) is -0.593. The van der Waals surface area contributed by atoms with Crippen molar-refractivity contribution in [2.45, 2.75) is 13.8 Å². The Morgan fingerprint density at radius 2 is 2.25 bits per heavy atom. The summed E-state index contributed by atoms with van der Waals surface area (Å²) in [6.07, 6.45) is 0. The molecule has 0 spiro atoms. The van der Waals surface area contributed by atoms with Crippen molar-refractivity contribution in [3.63, 3.8) is 0 Å². The third-order valence-corrected chi connectivity index (χ3v) is 2.99. The van der Waals surface area contributed by atoms with Crippen molar-refractivity contribution < 1.29 is 14.3 Å². The monoisotopic (exact) mass is 260 g/mol. The molecule has 0 bridgehead atoms. The number of amides is 1. The van der Waals surface area contributed by atoms with Crippen LogP contribution >= 0.6 is 24.0 Å². The number of thiazole rings is 1. The molecular formula is C9H12N2O3S2. The second-order valence-electron chi connectivity index (χ2n) is 2.86. The van der Waals surface area contributed by atoms with E-state index in [9.17, 15) is 9.59 Å². The molecule has 0 saturated carbocycles. The summed E-state index contributed by atoms with van der Waals surface area (Å²) in [6.45, 7) is 3.74. The lowest BCUT2D eigenvalue weighted by Gasteiger charge is -1.97. The van der Waals surface area contributed by atoms with E-state index in [0.717, 1.165) is 11.3 Å². The standard InChI is InChI=1S/C9H12N2O3S2/c1-3-14-8(13)7-5(2)10-9(16-7)11-6(12)4-15/h15H,3-4H2,1-2H3,(H,10,11,12). The Morgan fingerprint density at radius 1 is 1.56 bits per heavy atom. The fourth-order valence-corrected chi connectivity index (χ4v) is 1.95. The molecule has 1 aromatic heterocycles. The maximum absolute atomic E-state index is 11.5. The molecule has 1 rings (SSSR count). The van der Waals surface area contributed by atoms with Crippen molar-refractivity contribution in [1.82, 2.24) is 4.98 Å². The molecule has 0 fully saturated rings. The van der Waals surface area contributed by atoms with Crippen LogP contribution in [0.5, 0.6) is 0 Å². The van der Waals surface area contributed by atoms with Gasteiger partial charge in [0.25, 0.3) is 0 Å². The highest BCUT2D eigenvalue weighted by atomic mass is 32.1. The van der Waals surface area contributed by atoms with Crippen molar-refractivity contribution in [1.29, 1.82) is 0 Å². The molecule has 1 N–H and O–H groups in total. The first kappa shape index (κ1) is 13.0. The highest BCUT2D eigenvalue weighted by Gasteiger charge is 2.16. The van der Waals surface area contributed by atoms with Crippen LogP contribution in [0.2, 0.25) is 0 Å². The van der Waals surface area contributed by atoms with Crippen LogP contribution in [0.4, 0.5) is 5.13 Å². The Labute approximate surface area is 103 Å². The van der Waals surface area contributed by atoms with Gasteiger partial charge in [0.2, 0.25) is 5.91 Å². The minimum absolute atomic E-state index is 0.0768. The quantitative estimate of drug-likeness (QED) is 0.636. The molecule has 0 aliphatic heterocycles. The zero-order valence-electron chi connectivity index (χ0n) is 8.94. The predicted octanol–water partition coefficient (Wildman–Crippen LogP) is 1.50. The van der Waals surface area contributed by atoms with Gasteiger partial charge in [-0.2, -0.15) is 12.6 Å². The van der Waals surface area contributed by atoms with E-state index >= 15 is 0 Å². The van der Waals surface area contributed by atoms with Gasteiger partial charge in [-0.05, 0) is 13.8 Å². The van der Waals surface area contributed by atoms with E-state index in [1.54, 1.807) is 13.8 Å². The van der Waals surface area contributed by atoms with Gasteiger partial charge in [0.15, 0.2) is 5.13 Å². The first-order valence-corrected chi connectivity index (χ1v) is 6.08. The van der Waals surface area contributed by atoms with E-state index in [0.29, 0.717) is 22.3 Å². The summed E-state index contributed by atoms with van der Waals surface area (Å²) in [4.78, 5) is 27.0. The molecule has 0 saturated heterocycles. The van der Waals surface area contributed by atoms with Crippen molar-refractivity contribution in [2.75, 3.05) is 17.7 Å². The number of hydrogen-bond donors (Lipinski definition) is 2. The SMILES string of the molecule is CCOC(=O)c1sc(NC(=O)CS)nc1C. The number of nitrogens with zero attached hydrogens (tertiary/aromatic N) is 1. The number of esters is 1. The number of carbonyl (C=O) groups excluding carboxylic acids is 2. The predicted molar refractivity (Wildman–Crippen MR) is 65.3 cm³/mol. The summed E-state index contributed by atoms with van der Waals surface area (Å²) >= 11 is 4.93. The molecule has 0 aliphatic rings. The van der Waals surface area contributed by atoms with Crippen LogP contribution in [-0.4, -0.2) is 29.2 Å². The topological polar surface area (TPSA) is 68.3 Å². The highest BCUT2D eigenvalue weighted by Crippen LogP contribution is 2.23. The van der Waals surface area contributed by atoms with Crippen molar-refractivity contribution in [2.24, 2.45) is 0 Å². The average Bonchev–Trinajstić information content (AvgIpc) is 2.59. The van der Waals surface area contributed by atoms with Crippen LogP contribution in [0.25, 0.3) is 0 Å². The van der Waals surface area contributed by atoms with E-state index in [1.807, 2.05) is 0 Å². The molecule has 0 aliphatic carbocycles. The van der Waals surface area contributed by atoms with Crippen LogP contribution in [0.1, 0.15) is 22.3 Å². The third-order valence-electron chi connectivity index (χ3n) is 1.65. The smallest absolute Gasteiger partial charge is 0.350 e. The van der Waals surface area contributed by atoms with E-state index in [4.69, 9.17) is 4.74 Å². The lowest BCUT2D eigenvalue weighted by molar-refractivity contribution is -0.113. The van der Waals surface area contributed by atoms with Crippen LogP contribution in [0, 0.1) is 6.92 Å². The Balaban J connectivity index is 2.81. The minimum atomic E-state index is -0.413. The molecule has 16 heavy (non-hydrogen) atoms. The van der Waals surface area contributed by atoms with Gasteiger partial charge in [-0.3, -0.25) is 4.79 Å². The number of aryl methyl sites for hydroxylation is 1. The first-order valence-electron chi connectivity index (χ1n) is 4.63. The third kappa shape index (κ3) is 3.21. The zero-order chi connectivity index (χ0) is 12.1. The number of carbonyl (C=O) groups is 2. The maximum atomic E-state index is 11.5. The van der Waals surface area contributed by atoms with E-state index in [-0.39, 0.29) is 11.7 Å². The fourth-order valence-electron chi connectivity index (χ4n) is 0.995. The zero-order valence-corrected chi connectivity index (χ0v) is 10.7. The first-order chi connectivity index (χ1) is 7.58. The number of anilines is 1. The van der Waals surface area contributed by atoms with E-state index < -0.39 is 5.97 Å². The Kier molecular flexibility index (Phi) is 4.75. The number of rotatable bonds is 4. The second kappa shape index (κ2) is 5.86. The fraction of sp³-hybridized carbons (Fsp3) is 0.444. The van der Waals surface area contributed by atoms with Crippen LogP contribution in [0.3, 0.4) is 0 Å². The minimum Gasteiger partial charge on any atom is -0.462 e. The molecule has 1 aromatic rings. The van der Waals surface area contributed by atoms with Gasteiger partial charge in [0, 0.05) is 0 Å². The molecule has 1 heterocycles. The Morgan fingerprint density at radius 3 is 2.81 bits per heavy atom. The summed E-state index contributed by atoms with van der Waals surface area (Å²) in [6, 6.07) is 0. The molecule has 88 valence electrons. The lowest BCUT2D eigenvalue weighted by Crippen LogP contribution is -2.12. The normalized spacial score (nSPS) is 9.94. The lowest BCUT2D eigenvalue weighted by atomic mass is 10.4. The largest absolute Gasteiger partial charge is 0.462 e. The van der Waals surface area contributed by atoms with Crippen LogP contribution in [-0.2, 0) is 9.53 Å². The van der Waals surface area contributed by atoms with E-state index in [2.05, 4.69) is 22.9 Å². The molecular weight excluding hydrogens is 248 g/mol. The molecule has 0 aromatic carbocycles. The molecule has 5 nitrogen and oxygen atoms in total. The number of nitrogens with one attached hydrogen (secondary N) is 1. The summed E-state index contributed by atoms with van der Waals surface area (Å²) in [5.41, 5.74) is 0.554. The van der Waals surface area contributed by atoms with Gasteiger partial charge in [0.05, 0.1) is 18.1 Å². The van der Waals surface area contributed by atoms with Crippen molar-refractivity contribution in [3.05, 3.63) is 10.6 Å². The van der Waals surface area contributed by atoms with Gasteiger partial charge >= 0.3 is 5.97 Å². The Bertz CT molecular complexity index is 403. The van der Waals surface area contributed by atoms with Gasteiger partial charge in [-0.15, -0.1) is 0 Å². The summed E-state index contributed by atoms with van der Waals surface area (Å²) in [7, 11) is 0. The van der Waals surface area contributed by atoms with Crippen molar-refractivity contribution >= 4 is 41.0 Å². The molecule has 0 atom stereocenters. The average molecular weight is 260 g/mol. The van der Waals surface area contributed by atoms with Crippen LogP contribution < -0.4 is 5.32 Å². The molecule has 0 radical (unpaired) electrons. The van der Waals surface area contributed by atoms with Gasteiger partial charge in [0.1, 0.15) is 4.88 Å². The number of thiol groups is 1. The van der Waals surface area contributed by atoms with Gasteiger partial charge in [-0.25, -0.2) is 9.78 Å². The highest BCUT2D eigenvalue weighted by molar-refractivity contribution is 7.81. The number of aromatic nitrogens is 1. The van der Waals surface area contributed by atoms with Gasteiger partial charge < -0.3 is 10.1 Å². The van der Waals surface area contributed by atoms with Gasteiger partial charge in [-0.1, -0.05) is 11.3 Å². The Hall–Kier alpha value is -1.08. The van der Waals surface area contributed by atoms with Crippen LogP contribution in [0.15, 0.2) is 0 Å². The number of hydrogen-bond acceptors (Lipinski definition) is 6. The van der Waals surface area contributed by atoms with E-state index in [1.165, 1.54) is 0 Å². The molecule has 7 heteroatoms. The molecule has 0 unspecified atom stereocenters. The number of ether oxygens (including phenoxy) is 1.